The normalized spacial score (nSPS) is 17.2. The van der Waals surface area contributed by atoms with Crippen LogP contribution in [0.1, 0.15) is 30.1 Å². The molecule has 1 aliphatic rings. The molecule has 0 saturated carbocycles. The van der Waals surface area contributed by atoms with Crippen LogP contribution in [-0.2, 0) is 6.54 Å². The van der Waals surface area contributed by atoms with E-state index in [0.29, 0.717) is 5.95 Å². The molecule has 3 rings (SSSR count). The van der Waals surface area contributed by atoms with Crippen LogP contribution < -0.4 is 14.4 Å². The molecule has 1 atom stereocenters. The minimum Gasteiger partial charge on any atom is -0.467 e. The molecule has 0 N–H and O–H groups in total. The van der Waals surface area contributed by atoms with Gasteiger partial charge in [0.25, 0.3) is 0 Å². The molecule has 134 valence electrons. The van der Waals surface area contributed by atoms with Crippen LogP contribution in [-0.4, -0.2) is 59.7 Å². The molecule has 2 aromatic heterocycles. The Hall–Kier alpha value is -2.48. The van der Waals surface area contributed by atoms with Crippen molar-refractivity contribution < 1.29 is 9.47 Å². The molecule has 0 bridgehead atoms. The summed E-state index contributed by atoms with van der Waals surface area (Å²) in [6.45, 7) is 1.74. The molecule has 0 spiro atoms. The number of nitrogens with zero attached hydrogens (tertiary/aromatic N) is 6. The highest BCUT2D eigenvalue weighted by Gasteiger charge is 2.30. The average Bonchev–Trinajstić information content (AvgIpc) is 3.11. The molecule has 0 aliphatic carbocycles. The zero-order valence-corrected chi connectivity index (χ0v) is 15.1. The van der Waals surface area contributed by atoms with Crippen molar-refractivity contribution in [2.45, 2.75) is 25.4 Å². The van der Waals surface area contributed by atoms with Gasteiger partial charge in [0.15, 0.2) is 0 Å². The predicted molar refractivity (Wildman–Crippen MR) is 93.9 cm³/mol. The molecule has 3 heterocycles. The van der Waals surface area contributed by atoms with Crippen LogP contribution in [0.3, 0.4) is 0 Å². The summed E-state index contributed by atoms with van der Waals surface area (Å²) in [5.74, 6) is 0.561. The summed E-state index contributed by atoms with van der Waals surface area (Å²) < 4.78 is 10.3. The molecule has 1 saturated heterocycles. The van der Waals surface area contributed by atoms with Gasteiger partial charge in [-0.1, -0.05) is 6.07 Å². The van der Waals surface area contributed by atoms with Gasteiger partial charge in [0.2, 0.25) is 5.95 Å². The Morgan fingerprint density at radius 3 is 2.40 bits per heavy atom. The van der Waals surface area contributed by atoms with Crippen LogP contribution in [0.5, 0.6) is 12.0 Å². The third-order valence-electron chi connectivity index (χ3n) is 4.15. The highest BCUT2D eigenvalue weighted by molar-refractivity contribution is 5.38. The van der Waals surface area contributed by atoms with E-state index in [4.69, 9.17) is 9.47 Å². The Morgan fingerprint density at radius 1 is 1.12 bits per heavy atom. The van der Waals surface area contributed by atoms with E-state index in [1.54, 1.807) is 0 Å². The molecule has 0 aromatic carbocycles. The summed E-state index contributed by atoms with van der Waals surface area (Å²) in [5.41, 5.74) is 2.22. The lowest BCUT2D eigenvalue weighted by molar-refractivity contribution is 0.339. The van der Waals surface area contributed by atoms with Crippen LogP contribution in [0.15, 0.2) is 18.3 Å². The number of methoxy groups -OCH3 is 2. The van der Waals surface area contributed by atoms with Crippen molar-refractivity contribution >= 4 is 5.95 Å². The zero-order chi connectivity index (χ0) is 17.8. The van der Waals surface area contributed by atoms with Gasteiger partial charge >= 0.3 is 12.0 Å². The third kappa shape index (κ3) is 3.96. The first-order valence-corrected chi connectivity index (χ1v) is 8.31. The maximum absolute atomic E-state index is 5.16. The monoisotopic (exact) mass is 344 g/mol. The Balaban J connectivity index is 1.85. The fourth-order valence-corrected chi connectivity index (χ4v) is 3.04. The Labute approximate surface area is 147 Å². The number of ether oxygens (including phenoxy) is 2. The molecule has 25 heavy (non-hydrogen) atoms. The Kier molecular flexibility index (Phi) is 5.28. The second-order valence-corrected chi connectivity index (χ2v) is 6.29. The largest absolute Gasteiger partial charge is 0.467 e. The summed E-state index contributed by atoms with van der Waals surface area (Å²) in [5, 5.41) is 0. The van der Waals surface area contributed by atoms with Gasteiger partial charge in [-0.2, -0.15) is 9.97 Å². The molecule has 0 radical (unpaired) electrons. The maximum Gasteiger partial charge on any atom is 0.324 e. The number of aromatic nitrogens is 4. The van der Waals surface area contributed by atoms with Crippen LogP contribution >= 0.6 is 0 Å². The lowest BCUT2D eigenvalue weighted by Crippen LogP contribution is -2.26. The smallest absolute Gasteiger partial charge is 0.324 e. The van der Waals surface area contributed by atoms with Crippen molar-refractivity contribution in [1.29, 1.82) is 0 Å². The van der Waals surface area contributed by atoms with Gasteiger partial charge in [-0.05, 0) is 38.6 Å². The predicted octanol–water partition coefficient (Wildman–Crippen LogP) is 1.69. The summed E-state index contributed by atoms with van der Waals surface area (Å²) in [7, 11) is 7.17. The summed E-state index contributed by atoms with van der Waals surface area (Å²) >= 11 is 0. The van der Waals surface area contributed by atoms with Crippen LogP contribution in [0.25, 0.3) is 0 Å². The number of rotatable bonds is 6. The SMILES string of the molecule is COc1nc(OC)nc(N2CCCC2c2ccc(CN(C)C)cn2)n1. The minimum absolute atomic E-state index is 0.144. The van der Waals surface area contributed by atoms with E-state index >= 15 is 0 Å². The molecule has 1 unspecified atom stereocenters. The fourth-order valence-electron chi connectivity index (χ4n) is 3.04. The first kappa shape index (κ1) is 17.3. The average molecular weight is 344 g/mol. The summed E-state index contributed by atoms with van der Waals surface area (Å²) in [6.07, 6.45) is 4.01. The lowest BCUT2D eigenvalue weighted by atomic mass is 10.1. The molecular weight excluding hydrogens is 320 g/mol. The minimum atomic E-state index is 0.144. The first-order valence-electron chi connectivity index (χ1n) is 8.31. The van der Waals surface area contributed by atoms with Crippen molar-refractivity contribution in [3.05, 3.63) is 29.6 Å². The Bertz CT molecular complexity index is 685. The van der Waals surface area contributed by atoms with Gasteiger partial charge in [0.05, 0.1) is 26.0 Å². The number of hydrogen-bond donors (Lipinski definition) is 0. The number of pyridine rings is 1. The van der Waals surface area contributed by atoms with Crippen molar-refractivity contribution in [3.63, 3.8) is 0 Å². The second-order valence-electron chi connectivity index (χ2n) is 6.29. The summed E-state index contributed by atoms with van der Waals surface area (Å²) in [4.78, 5) is 21.8. The highest BCUT2D eigenvalue weighted by Crippen LogP contribution is 2.34. The molecule has 1 fully saturated rings. The van der Waals surface area contributed by atoms with E-state index in [9.17, 15) is 0 Å². The van der Waals surface area contributed by atoms with E-state index in [1.165, 1.54) is 19.8 Å². The van der Waals surface area contributed by atoms with Gasteiger partial charge < -0.3 is 19.3 Å². The Morgan fingerprint density at radius 2 is 1.84 bits per heavy atom. The molecule has 8 heteroatoms. The van der Waals surface area contributed by atoms with E-state index in [2.05, 4.69) is 41.9 Å². The van der Waals surface area contributed by atoms with E-state index < -0.39 is 0 Å². The topological polar surface area (TPSA) is 76.5 Å². The number of hydrogen-bond acceptors (Lipinski definition) is 8. The second kappa shape index (κ2) is 7.60. The zero-order valence-electron chi connectivity index (χ0n) is 15.1. The van der Waals surface area contributed by atoms with E-state index in [1.807, 2.05) is 20.3 Å². The van der Waals surface area contributed by atoms with E-state index in [-0.39, 0.29) is 18.1 Å². The molecule has 0 amide bonds. The van der Waals surface area contributed by atoms with Crippen molar-refractivity contribution in [2.24, 2.45) is 0 Å². The van der Waals surface area contributed by atoms with Crippen molar-refractivity contribution in [1.82, 2.24) is 24.8 Å². The maximum atomic E-state index is 5.16. The van der Waals surface area contributed by atoms with Gasteiger partial charge in [0.1, 0.15) is 0 Å². The first-order chi connectivity index (χ1) is 12.1. The molecule has 2 aromatic rings. The molecular formula is C17H24N6O2. The van der Waals surface area contributed by atoms with Crippen LogP contribution in [0, 0.1) is 0 Å². The van der Waals surface area contributed by atoms with Gasteiger partial charge in [-0.25, -0.2) is 0 Å². The van der Waals surface area contributed by atoms with Gasteiger partial charge in [0, 0.05) is 19.3 Å². The van der Waals surface area contributed by atoms with Crippen molar-refractivity contribution in [2.75, 3.05) is 39.8 Å². The van der Waals surface area contributed by atoms with Crippen LogP contribution in [0.4, 0.5) is 5.95 Å². The third-order valence-corrected chi connectivity index (χ3v) is 4.15. The van der Waals surface area contributed by atoms with E-state index in [0.717, 1.165) is 31.6 Å². The van der Waals surface area contributed by atoms with Crippen molar-refractivity contribution in [3.8, 4) is 12.0 Å². The highest BCUT2D eigenvalue weighted by atomic mass is 16.5. The molecule has 8 nitrogen and oxygen atoms in total. The number of anilines is 1. The molecule has 1 aliphatic heterocycles. The van der Waals surface area contributed by atoms with Gasteiger partial charge in [-0.3, -0.25) is 4.98 Å². The quantitative estimate of drug-likeness (QED) is 0.783. The van der Waals surface area contributed by atoms with Crippen LogP contribution in [0.2, 0.25) is 0 Å². The van der Waals surface area contributed by atoms with Gasteiger partial charge in [-0.15, -0.1) is 4.98 Å². The fraction of sp³-hybridized carbons (Fsp3) is 0.529. The summed E-state index contributed by atoms with van der Waals surface area (Å²) in [6, 6.07) is 4.87. The standard InChI is InChI=1S/C17H24N6O2/c1-22(2)11-12-7-8-13(18-10-12)14-6-5-9-23(14)15-19-16(24-3)21-17(20-15)25-4/h7-8,10,14H,5-6,9,11H2,1-4H3. The lowest BCUT2D eigenvalue weighted by Gasteiger charge is -2.24.